The summed E-state index contributed by atoms with van der Waals surface area (Å²) in [7, 11) is 0. The smallest absolute Gasteiger partial charge is 0.127 e. The molecule has 118 valence electrons. The SMILES string of the molecule is Cc1c(C)c(O)c(-c2cc3ccc(O)cc3cc2O)c(C)c1O. The van der Waals surface area contributed by atoms with E-state index in [9.17, 15) is 20.4 Å². The van der Waals surface area contributed by atoms with Crippen molar-refractivity contribution in [2.24, 2.45) is 0 Å². The monoisotopic (exact) mass is 310 g/mol. The first-order valence-electron chi connectivity index (χ1n) is 7.29. The van der Waals surface area contributed by atoms with Crippen LogP contribution in [0.1, 0.15) is 16.7 Å². The van der Waals surface area contributed by atoms with Crippen LogP contribution in [0.3, 0.4) is 0 Å². The van der Waals surface area contributed by atoms with E-state index in [4.69, 9.17) is 0 Å². The molecule has 23 heavy (non-hydrogen) atoms. The molecule has 0 aliphatic rings. The summed E-state index contributed by atoms with van der Waals surface area (Å²) < 4.78 is 0. The van der Waals surface area contributed by atoms with Crippen LogP contribution in [-0.4, -0.2) is 20.4 Å². The van der Waals surface area contributed by atoms with E-state index in [1.807, 2.05) is 0 Å². The van der Waals surface area contributed by atoms with Crippen molar-refractivity contribution in [3.8, 4) is 34.1 Å². The van der Waals surface area contributed by atoms with Gasteiger partial charge in [0.25, 0.3) is 0 Å². The van der Waals surface area contributed by atoms with Crippen LogP contribution in [0.4, 0.5) is 0 Å². The third-order valence-corrected chi connectivity index (χ3v) is 4.45. The van der Waals surface area contributed by atoms with Crippen molar-refractivity contribution >= 4 is 10.8 Å². The van der Waals surface area contributed by atoms with Crippen molar-refractivity contribution in [1.29, 1.82) is 0 Å². The van der Waals surface area contributed by atoms with Crippen molar-refractivity contribution < 1.29 is 20.4 Å². The number of hydrogen-bond donors (Lipinski definition) is 4. The molecule has 0 spiro atoms. The number of rotatable bonds is 1. The Balaban J connectivity index is 2.38. The number of fused-ring (bicyclic) bond motifs is 1. The molecular formula is C19H18O4. The van der Waals surface area contributed by atoms with Crippen molar-refractivity contribution in [1.82, 2.24) is 0 Å². The second kappa shape index (κ2) is 5.09. The summed E-state index contributed by atoms with van der Waals surface area (Å²) in [5.74, 6) is 0.253. The minimum Gasteiger partial charge on any atom is -0.508 e. The maximum atomic E-state index is 10.5. The zero-order valence-corrected chi connectivity index (χ0v) is 13.2. The van der Waals surface area contributed by atoms with Gasteiger partial charge in [0.2, 0.25) is 0 Å². The number of aromatic hydroxyl groups is 4. The highest BCUT2D eigenvalue weighted by atomic mass is 16.3. The second-order valence-corrected chi connectivity index (χ2v) is 5.85. The van der Waals surface area contributed by atoms with Crippen LogP contribution < -0.4 is 0 Å². The minimum absolute atomic E-state index is 0.0239. The number of benzene rings is 3. The van der Waals surface area contributed by atoms with E-state index >= 15 is 0 Å². The maximum Gasteiger partial charge on any atom is 0.127 e. The Morgan fingerprint density at radius 1 is 0.652 bits per heavy atom. The molecule has 0 aliphatic heterocycles. The molecule has 0 bridgehead atoms. The molecule has 4 heteroatoms. The predicted octanol–water partition coefficient (Wildman–Crippen LogP) is 4.25. The Kier molecular flexibility index (Phi) is 3.33. The van der Waals surface area contributed by atoms with Gasteiger partial charge in [-0.25, -0.2) is 0 Å². The molecule has 4 nitrogen and oxygen atoms in total. The van der Waals surface area contributed by atoms with E-state index in [1.165, 1.54) is 6.07 Å². The summed E-state index contributed by atoms with van der Waals surface area (Å²) in [4.78, 5) is 0. The molecule has 0 fully saturated rings. The highest BCUT2D eigenvalue weighted by molar-refractivity contribution is 5.94. The van der Waals surface area contributed by atoms with Gasteiger partial charge < -0.3 is 20.4 Å². The van der Waals surface area contributed by atoms with E-state index in [2.05, 4.69) is 0 Å². The van der Waals surface area contributed by atoms with Gasteiger partial charge in [-0.1, -0.05) is 6.07 Å². The predicted molar refractivity (Wildman–Crippen MR) is 90.3 cm³/mol. The van der Waals surface area contributed by atoms with Gasteiger partial charge in [0.05, 0.1) is 0 Å². The molecule has 3 rings (SSSR count). The Labute approximate surface area is 133 Å². The van der Waals surface area contributed by atoms with Crippen LogP contribution in [0.5, 0.6) is 23.0 Å². The van der Waals surface area contributed by atoms with E-state index < -0.39 is 0 Å². The molecule has 0 aromatic heterocycles. The molecule has 0 amide bonds. The van der Waals surface area contributed by atoms with Crippen LogP contribution in [0.15, 0.2) is 30.3 Å². The highest BCUT2D eigenvalue weighted by Gasteiger charge is 2.20. The lowest BCUT2D eigenvalue weighted by atomic mass is 9.91. The summed E-state index contributed by atoms with van der Waals surface area (Å²) in [5.41, 5.74) is 2.57. The molecule has 0 radical (unpaired) electrons. The number of phenols is 4. The van der Waals surface area contributed by atoms with Gasteiger partial charge in [-0.3, -0.25) is 0 Å². The highest BCUT2D eigenvalue weighted by Crippen LogP contribution is 2.46. The van der Waals surface area contributed by atoms with Crippen LogP contribution in [0, 0.1) is 20.8 Å². The molecule has 0 saturated heterocycles. The van der Waals surface area contributed by atoms with E-state index in [0.29, 0.717) is 33.2 Å². The van der Waals surface area contributed by atoms with E-state index in [0.717, 1.165) is 5.39 Å². The lowest BCUT2D eigenvalue weighted by Crippen LogP contribution is -1.93. The lowest BCUT2D eigenvalue weighted by molar-refractivity contribution is 0.449. The van der Waals surface area contributed by atoms with Gasteiger partial charge >= 0.3 is 0 Å². The standard InChI is InChI=1S/C19H18O4/c1-9-10(2)19(23)17(11(3)18(9)22)15-7-12-4-5-14(20)6-13(12)8-16(15)21/h4-8,20-23H,1-3H3. The first kappa shape index (κ1) is 15.0. The molecule has 0 saturated carbocycles. The van der Waals surface area contributed by atoms with Gasteiger partial charge in [-0.05, 0) is 66.9 Å². The van der Waals surface area contributed by atoms with Gasteiger partial charge in [0.1, 0.15) is 23.0 Å². The normalized spacial score (nSPS) is 11.1. The van der Waals surface area contributed by atoms with Gasteiger partial charge in [-0.15, -0.1) is 0 Å². The topological polar surface area (TPSA) is 80.9 Å². The maximum absolute atomic E-state index is 10.5. The first-order valence-corrected chi connectivity index (χ1v) is 7.29. The van der Waals surface area contributed by atoms with Crippen molar-refractivity contribution in [3.63, 3.8) is 0 Å². The van der Waals surface area contributed by atoms with Crippen molar-refractivity contribution in [2.75, 3.05) is 0 Å². The molecule has 0 aliphatic carbocycles. The molecule has 0 heterocycles. The van der Waals surface area contributed by atoms with Crippen LogP contribution in [-0.2, 0) is 0 Å². The zero-order chi connectivity index (χ0) is 16.9. The van der Waals surface area contributed by atoms with Crippen molar-refractivity contribution in [3.05, 3.63) is 47.0 Å². The van der Waals surface area contributed by atoms with Crippen molar-refractivity contribution in [2.45, 2.75) is 20.8 Å². The molecule has 3 aromatic rings. The Hall–Kier alpha value is -2.88. The fourth-order valence-corrected chi connectivity index (χ4v) is 2.92. The van der Waals surface area contributed by atoms with Crippen LogP contribution in [0.25, 0.3) is 21.9 Å². The summed E-state index contributed by atoms with van der Waals surface area (Å²) in [6.45, 7) is 5.17. The second-order valence-electron chi connectivity index (χ2n) is 5.85. The molecule has 0 atom stereocenters. The molecular weight excluding hydrogens is 292 g/mol. The van der Waals surface area contributed by atoms with Crippen LogP contribution in [0.2, 0.25) is 0 Å². The lowest BCUT2D eigenvalue weighted by Gasteiger charge is -2.17. The molecule has 3 aromatic carbocycles. The zero-order valence-electron chi connectivity index (χ0n) is 13.2. The number of phenolic OH excluding ortho intramolecular Hbond substituents is 4. The molecule has 4 N–H and O–H groups in total. The fraction of sp³-hybridized carbons (Fsp3) is 0.158. The summed E-state index contributed by atoms with van der Waals surface area (Å²) in [5, 5.41) is 42.2. The third-order valence-electron chi connectivity index (χ3n) is 4.45. The van der Waals surface area contributed by atoms with Gasteiger partial charge in [-0.2, -0.15) is 0 Å². The minimum atomic E-state index is -0.0239. The Bertz CT molecular complexity index is 913. The van der Waals surface area contributed by atoms with Crippen LogP contribution >= 0.6 is 0 Å². The Morgan fingerprint density at radius 3 is 2.00 bits per heavy atom. The quantitative estimate of drug-likeness (QED) is 0.506. The van der Waals surface area contributed by atoms with Gasteiger partial charge in [0, 0.05) is 16.7 Å². The first-order chi connectivity index (χ1) is 10.8. The van der Waals surface area contributed by atoms with E-state index in [1.54, 1.807) is 45.0 Å². The molecule has 0 unspecified atom stereocenters. The average molecular weight is 310 g/mol. The largest absolute Gasteiger partial charge is 0.508 e. The Morgan fingerprint density at radius 2 is 1.30 bits per heavy atom. The van der Waals surface area contributed by atoms with E-state index in [-0.39, 0.29) is 23.0 Å². The number of hydrogen-bond acceptors (Lipinski definition) is 4. The summed E-state index contributed by atoms with van der Waals surface area (Å²) in [6, 6.07) is 8.13. The fourth-order valence-electron chi connectivity index (χ4n) is 2.92. The van der Waals surface area contributed by atoms with Gasteiger partial charge in [0.15, 0.2) is 0 Å². The summed E-state index contributed by atoms with van der Waals surface area (Å²) >= 11 is 0. The summed E-state index contributed by atoms with van der Waals surface area (Å²) in [6.07, 6.45) is 0. The average Bonchev–Trinajstić information content (AvgIpc) is 2.52. The third kappa shape index (κ3) is 2.23.